The van der Waals surface area contributed by atoms with Gasteiger partial charge in [0.1, 0.15) is 0 Å². The van der Waals surface area contributed by atoms with E-state index in [9.17, 15) is 4.79 Å². The fourth-order valence-corrected chi connectivity index (χ4v) is 5.12. The molecule has 4 aliphatic rings. The molecule has 0 aromatic rings. The zero-order valence-electron chi connectivity index (χ0n) is 9.32. The van der Waals surface area contributed by atoms with Crippen molar-refractivity contribution in [2.24, 2.45) is 28.9 Å². The average Bonchev–Trinajstić information content (AvgIpc) is 2.81. The minimum absolute atomic E-state index is 0.186. The Labute approximate surface area is 94.9 Å². The predicted octanol–water partition coefficient (Wildman–Crippen LogP) is -0.125. The van der Waals surface area contributed by atoms with E-state index in [1.54, 1.807) is 0 Å². The first-order valence-corrected chi connectivity index (χ1v) is 6.38. The Morgan fingerprint density at radius 1 is 1.38 bits per heavy atom. The number of nitrogens with one attached hydrogen (secondary N) is 1. The normalized spacial score (nSPS) is 52.3. The van der Waals surface area contributed by atoms with E-state index in [-0.39, 0.29) is 23.9 Å². The summed E-state index contributed by atoms with van der Waals surface area (Å²) in [7, 11) is 0. The van der Waals surface area contributed by atoms with Gasteiger partial charge < -0.3 is 15.8 Å². The molecule has 2 bridgehead atoms. The molecule has 1 spiro atoms. The van der Waals surface area contributed by atoms with E-state index in [2.05, 4.69) is 5.32 Å². The van der Waals surface area contributed by atoms with Crippen LogP contribution < -0.4 is 11.1 Å². The second-order valence-electron chi connectivity index (χ2n) is 5.93. The molecule has 5 unspecified atom stereocenters. The minimum Gasteiger partial charge on any atom is -0.381 e. The molecule has 5 atom stereocenters. The highest BCUT2D eigenvalue weighted by atomic mass is 16.5. The van der Waals surface area contributed by atoms with Gasteiger partial charge in [-0.3, -0.25) is 4.79 Å². The molecule has 4 nitrogen and oxygen atoms in total. The third-order valence-corrected chi connectivity index (χ3v) is 5.68. The number of carbonyl (C=O) groups is 1. The lowest BCUT2D eigenvalue weighted by Gasteiger charge is -2.38. The second kappa shape index (κ2) is 2.79. The maximum atomic E-state index is 11.9. The maximum absolute atomic E-state index is 11.9. The molecule has 2 saturated heterocycles. The second-order valence-corrected chi connectivity index (χ2v) is 5.93. The van der Waals surface area contributed by atoms with Gasteiger partial charge in [0, 0.05) is 31.2 Å². The molecule has 4 rings (SSSR count). The van der Waals surface area contributed by atoms with E-state index < -0.39 is 0 Å². The molecule has 88 valence electrons. The number of hydrogen-bond acceptors (Lipinski definition) is 3. The van der Waals surface area contributed by atoms with Gasteiger partial charge in [0.25, 0.3) is 0 Å². The smallest absolute Gasteiger partial charge is 0.223 e. The van der Waals surface area contributed by atoms with Gasteiger partial charge in [-0.2, -0.15) is 0 Å². The van der Waals surface area contributed by atoms with Gasteiger partial charge in [-0.15, -0.1) is 0 Å². The summed E-state index contributed by atoms with van der Waals surface area (Å²) in [4.78, 5) is 11.9. The van der Waals surface area contributed by atoms with Crippen LogP contribution in [0.2, 0.25) is 0 Å². The van der Waals surface area contributed by atoms with Crippen molar-refractivity contribution < 1.29 is 9.53 Å². The van der Waals surface area contributed by atoms with Gasteiger partial charge in [-0.1, -0.05) is 0 Å². The number of carbonyl (C=O) groups excluding carboxylic acids is 1. The highest BCUT2D eigenvalue weighted by Gasteiger charge is 2.70. The molecule has 2 saturated carbocycles. The molecule has 1 amide bonds. The van der Waals surface area contributed by atoms with E-state index in [1.165, 1.54) is 0 Å². The van der Waals surface area contributed by atoms with Crippen LogP contribution in [0.4, 0.5) is 0 Å². The summed E-state index contributed by atoms with van der Waals surface area (Å²) in [5.74, 6) is 1.57. The fourth-order valence-electron chi connectivity index (χ4n) is 5.12. The van der Waals surface area contributed by atoms with Crippen LogP contribution in [0.1, 0.15) is 19.3 Å². The fraction of sp³-hybridized carbons (Fsp3) is 0.917. The van der Waals surface area contributed by atoms with Gasteiger partial charge in [0.2, 0.25) is 5.91 Å². The lowest BCUT2D eigenvalue weighted by molar-refractivity contribution is -0.122. The van der Waals surface area contributed by atoms with Crippen molar-refractivity contribution in [2.45, 2.75) is 31.3 Å². The van der Waals surface area contributed by atoms with Crippen molar-refractivity contribution in [1.82, 2.24) is 5.32 Å². The topological polar surface area (TPSA) is 64.3 Å². The minimum atomic E-state index is 0.186. The molecule has 0 aromatic heterocycles. The number of ether oxygens (including phenoxy) is 1. The van der Waals surface area contributed by atoms with Crippen molar-refractivity contribution in [3.8, 4) is 0 Å². The Bertz CT molecular complexity index is 351. The van der Waals surface area contributed by atoms with Crippen LogP contribution in [0.3, 0.4) is 0 Å². The van der Waals surface area contributed by atoms with E-state index in [0.29, 0.717) is 17.3 Å². The van der Waals surface area contributed by atoms with Crippen molar-refractivity contribution in [3.63, 3.8) is 0 Å². The van der Waals surface area contributed by atoms with Gasteiger partial charge >= 0.3 is 0 Å². The summed E-state index contributed by atoms with van der Waals surface area (Å²) in [5.41, 5.74) is 6.64. The molecule has 0 aromatic carbocycles. The monoisotopic (exact) mass is 222 g/mol. The summed E-state index contributed by atoms with van der Waals surface area (Å²) in [6.07, 6.45) is 3.24. The zero-order valence-corrected chi connectivity index (χ0v) is 9.32. The summed E-state index contributed by atoms with van der Waals surface area (Å²) >= 11 is 0. The lowest BCUT2D eigenvalue weighted by atomic mass is 9.70. The summed E-state index contributed by atoms with van der Waals surface area (Å²) in [6, 6.07) is 0.445. The Morgan fingerprint density at radius 3 is 2.88 bits per heavy atom. The Kier molecular flexibility index (Phi) is 1.65. The molecule has 2 aliphatic heterocycles. The Morgan fingerprint density at radius 2 is 2.12 bits per heavy atom. The van der Waals surface area contributed by atoms with Crippen LogP contribution in [0, 0.1) is 23.2 Å². The molecule has 2 heterocycles. The van der Waals surface area contributed by atoms with Crippen molar-refractivity contribution in [2.75, 3.05) is 13.2 Å². The van der Waals surface area contributed by atoms with E-state index >= 15 is 0 Å². The van der Waals surface area contributed by atoms with Crippen LogP contribution in [-0.4, -0.2) is 31.2 Å². The van der Waals surface area contributed by atoms with Crippen LogP contribution in [0.5, 0.6) is 0 Å². The SMILES string of the molecule is NC1C2NC(=O)C3CC1C1(CCOCC1)C32. The van der Waals surface area contributed by atoms with Crippen LogP contribution in [-0.2, 0) is 9.53 Å². The summed E-state index contributed by atoms with van der Waals surface area (Å²) in [5, 5.41) is 3.12. The first-order chi connectivity index (χ1) is 7.74. The average molecular weight is 222 g/mol. The quantitative estimate of drug-likeness (QED) is 0.600. The molecular weight excluding hydrogens is 204 g/mol. The van der Waals surface area contributed by atoms with E-state index in [0.717, 1.165) is 32.5 Å². The predicted molar refractivity (Wildman–Crippen MR) is 57.5 cm³/mol. The first-order valence-electron chi connectivity index (χ1n) is 6.38. The molecule has 3 N–H and O–H groups in total. The third-order valence-electron chi connectivity index (χ3n) is 5.68. The number of hydrogen-bond donors (Lipinski definition) is 2. The summed E-state index contributed by atoms with van der Waals surface area (Å²) in [6.45, 7) is 1.71. The standard InChI is InChI=1S/C12H18N2O2/c13-9-7-5-6-8(10(9)14-11(6)15)12(7)1-3-16-4-2-12/h6-10H,1-5,13H2,(H,14,15). The molecule has 16 heavy (non-hydrogen) atoms. The Hall–Kier alpha value is -0.610. The molecular formula is C12H18N2O2. The summed E-state index contributed by atoms with van der Waals surface area (Å²) < 4.78 is 5.49. The Balaban J connectivity index is 1.79. The maximum Gasteiger partial charge on any atom is 0.223 e. The van der Waals surface area contributed by atoms with Gasteiger partial charge in [0.05, 0.1) is 0 Å². The zero-order chi connectivity index (χ0) is 10.9. The van der Waals surface area contributed by atoms with Crippen molar-refractivity contribution in [3.05, 3.63) is 0 Å². The molecule has 2 aliphatic carbocycles. The molecule has 0 radical (unpaired) electrons. The van der Waals surface area contributed by atoms with Gasteiger partial charge in [-0.25, -0.2) is 0 Å². The number of rotatable bonds is 0. The van der Waals surface area contributed by atoms with Gasteiger partial charge in [-0.05, 0) is 36.5 Å². The highest BCUT2D eigenvalue weighted by Crippen LogP contribution is 2.66. The van der Waals surface area contributed by atoms with E-state index in [1.807, 2.05) is 0 Å². The number of nitrogens with two attached hydrogens (primary N) is 1. The van der Waals surface area contributed by atoms with Crippen LogP contribution >= 0.6 is 0 Å². The number of amides is 1. The third kappa shape index (κ3) is 0.843. The van der Waals surface area contributed by atoms with Crippen LogP contribution in [0.15, 0.2) is 0 Å². The molecule has 4 heteroatoms. The van der Waals surface area contributed by atoms with E-state index in [4.69, 9.17) is 10.5 Å². The van der Waals surface area contributed by atoms with Crippen LogP contribution in [0.25, 0.3) is 0 Å². The first kappa shape index (κ1) is 9.42. The molecule has 4 fully saturated rings. The van der Waals surface area contributed by atoms with Crippen molar-refractivity contribution in [1.29, 1.82) is 0 Å². The van der Waals surface area contributed by atoms with Crippen molar-refractivity contribution >= 4 is 5.91 Å². The van der Waals surface area contributed by atoms with Gasteiger partial charge in [0.15, 0.2) is 0 Å². The lowest BCUT2D eigenvalue weighted by Crippen LogP contribution is -2.44. The highest BCUT2D eigenvalue weighted by molar-refractivity contribution is 5.83. The largest absolute Gasteiger partial charge is 0.381 e.